The van der Waals surface area contributed by atoms with Crippen molar-refractivity contribution in [2.75, 3.05) is 12.4 Å². The second-order valence-corrected chi connectivity index (χ2v) is 5.36. The Morgan fingerprint density at radius 1 is 1.14 bits per heavy atom. The molecule has 2 atom stereocenters. The maximum Gasteiger partial charge on any atom is 0.339 e. The number of anilines is 1. The van der Waals surface area contributed by atoms with Crippen LogP contribution < -0.4 is 5.32 Å². The van der Waals surface area contributed by atoms with E-state index in [0.717, 1.165) is 12.8 Å². The number of carbonyl (C=O) groups excluding carboxylic acids is 2. The number of carboxylic acids is 1. The van der Waals surface area contributed by atoms with Gasteiger partial charge in [0.2, 0.25) is 5.91 Å². The van der Waals surface area contributed by atoms with Crippen LogP contribution >= 0.6 is 0 Å². The van der Waals surface area contributed by atoms with E-state index < -0.39 is 23.8 Å². The molecule has 0 aromatic heterocycles. The highest BCUT2D eigenvalue weighted by Crippen LogP contribution is 2.31. The van der Waals surface area contributed by atoms with Crippen LogP contribution in [0.25, 0.3) is 0 Å². The highest BCUT2D eigenvalue weighted by molar-refractivity contribution is 6.02. The minimum atomic E-state index is -0.943. The van der Waals surface area contributed by atoms with E-state index >= 15 is 0 Å². The van der Waals surface area contributed by atoms with E-state index in [9.17, 15) is 19.5 Å². The van der Waals surface area contributed by atoms with Crippen molar-refractivity contribution in [3.63, 3.8) is 0 Å². The molecule has 1 aromatic rings. The third-order valence-corrected chi connectivity index (χ3v) is 4.01. The SMILES string of the molecule is COC(=O)c1ccccc1NC(=O)[C@H]1CCCC[C@H]1C(=O)O. The first kappa shape index (κ1) is 16.0. The molecule has 1 aliphatic carbocycles. The number of benzene rings is 1. The first-order chi connectivity index (χ1) is 10.5. The number of carboxylic acid groups (broad SMARTS) is 1. The van der Waals surface area contributed by atoms with Gasteiger partial charge >= 0.3 is 11.9 Å². The summed E-state index contributed by atoms with van der Waals surface area (Å²) in [6.45, 7) is 0. The molecule has 22 heavy (non-hydrogen) atoms. The van der Waals surface area contributed by atoms with E-state index in [0.29, 0.717) is 18.5 Å². The van der Waals surface area contributed by atoms with E-state index in [1.54, 1.807) is 24.3 Å². The van der Waals surface area contributed by atoms with Crippen LogP contribution in [-0.4, -0.2) is 30.1 Å². The summed E-state index contributed by atoms with van der Waals surface area (Å²) in [5.41, 5.74) is 0.593. The predicted octanol–water partition coefficient (Wildman–Crippen LogP) is 2.30. The number of carbonyl (C=O) groups is 3. The molecule has 0 bridgehead atoms. The van der Waals surface area contributed by atoms with Crippen molar-refractivity contribution in [2.24, 2.45) is 11.8 Å². The number of methoxy groups -OCH3 is 1. The zero-order valence-corrected chi connectivity index (χ0v) is 12.4. The molecule has 0 saturated heterocycles. The van der Waals surface area contributed by atoms with Crippen molar-refractivity contribution in [2.45, 2.75) is 25.7 Å². The molecule has 1 saturated carbocycles. The van der Waals surface area contributed by atoms with Crippen LogP contribution in [0.15, 0.2) is 24.3 Å². The Balaban J connectivity index is 2.18. The van der Waals surface area contributed by atoms with Gasteiger partial charge in [0, 0.05) is 0 Å². The first-order valence-corrected chi connectivity index (χ1v) is 7.25. The van der Waals surface area contributed by atoms with Gasteiger partial charge in [-0.25, -0.2) is 4.79 Å². The van der Waals surface area contributed by atoms with Gasteiger partial charge in [0.05, 0.1) is 30.2 Å². The summed E-state index contributed by atoms with van der Waals surface area (Å²) < 4.78 is 4.68. The second-order valence-electron chi connectivity index (χ2n) is 5.36. The standard InChI is InChI=1S/C16H19NO5/c1-22-16(21)12-8-4-5-9-13(12)17-14(18)10-6-2-3-7-11(10)15(19)20/h4-5,8-11H,2-3,6-7H2,1H3,(H,17,18)(H,19,20)/t10-,11+/m0/s1. The number of nitrogens with one attached hydrogen (secondary N) is 1. The number of hydrogen-bond acceptors (Lipinski definition) is 4. The molecule has 0 radical (unpaired) electrons. The van der Waals surface area contributed by atoms with Crippen molar-refractivity contribution in [1.82, 2.24) is 0 Å². The van der Waals surface area contributed by atoms with Gasteiger partial charge in [0.15, 0.2) is 0 Å². The van der Waals surface area contributed by atoms with Crippen molar-refractivity contribution in [3.05, 3.63) is 29.8 Å². The molecule has 1 fully saturated rings. The van der Waals surface area contributed by atoms with Crippen LogP contribution in [0, 0.1) is 11.8 Å². The molecule has 6 nitrogen and oxygen atoms in total. The summed E-state index contributed by atoms with van der Waals surface area (Å²) >= 11 is 0. The molecule has 0 spiro atoms. The second kappa shape index (κ2) is 7.06. The zero-order chi connectivity index (χ0) is 16.1. The normalized spacial score (nSPS) is 21.0. The summed E-state index contributed by atoms with van der Waals surface area (Å²) in [5, 5.41) is 11.9. The summed E-state index contributed by atoms with van der Waals surface area (Å²) in [7, 11) is 1.27. The lowest BCUT2D eigenvalue weighted by Gasteiger charge is -2.27. The number of esters is 1. The van der Waals surface area contributed by atoms with Crippen molar-refractivity contribution in [1.29, 1.82) is 0 Å². The molecule has 1 amide bonds. The van der Waals surface area contributed by atoms with Crippen LogP contribution in [0.2, 0.25) is 0 Å². The Morgan fingerprint density at radius 3 is 2.41 bits per heavy atom. The molecule has 0 aliphatic heterocycles. The van der Waals surface area contributed by atoms with Gasteiger partial charge in [-0.15, -0.1) is 0 Å². The highest BCUT2D eigenvalue weighted by atomic mass is 16.5. The van der Waals surface area contributed by atoms with E-state index in [1.165, 1.54) is 7.11 Å². The molecule has 118 valence electrons. The molecule has 0 unspecified atom stereocenters. The third kappa shape index (κ3) is 3.44. The van der Waals surface area contributed by atoms with Gasteiger partial charge in [0.25, 0.3) is 0 Å². The number of aliphatic carboxylic acids is 1. The Kier molecular flexibility index (Phi) is 5.14. The fraction of sp³-hybridized carbons (Fsp3) is 0.438. The largest absolute Gasteiger partial charge is 0.481 e. The third-order valence-electron chi connectivity index (χ3n) is 4.01. The molecular formula is C16H19NO5. The minimum Gasteiger partial charge on any atom is -0.481 e. The fourth-order valence-corrected chi connectivity index (χ4v) is 2.85. The zero-order valence-electron chi connectivity index (χ0n) is 12.4. The Bertz CT molecular complexity index is 584. The maximum absolute atomic E-state index is 12.4. The number of hydrogen-bond donors (Lipinski definition) is 2. The summed E-state index contributed by atoms with van der Waals surface area (Å²) in [6, 6.07) is 6.51. The molecule has 0 heterocycles. The minimum absolute atomic E-state index is 0.251. The van der Waals surface area contributed by atoms with Crippen molar-refractivity contribution in [3.8, 4) is 0 Å². The number of rotatable bonds is 4. The van der Waals surface area contributed by atoms with Crippen molar-refractivity contribution < 1.29 is 24.2 Å². The molecule has 1 aliphatic rings. The molecule has 2 N–H and O–H groups in total. The van der Waals surface area contributed by atoms with Gasteiger partial charge in [-0.3, -0.25) is 9.59 Å². The van der Waals surface area contributed by atoms with E-state index in [4.69, 9.17) is 0 Å². The monoisotopic (exact) mass is 305 g/mol. The smallest absolute Gasteiger partial charge is 0.339 e. The quantitative estimate of drug-likeness (QED) is 0.833. The molecule has 1 aromatic carbocycles. The lowest BCUT2D eigenvalue weighted by atomic mass is 9.78. The average molecular weight is 305 g/mol. The van der Waals surface area contributed by atoms with Crippen LogP contribution in [0.4, 0.5) is 5.69 Å². The van der Waals surface area contributed by atoms with Gasteiger partial charge in [-0.05, 0) is 25.0 Å². The van der Waals surface area contributed by atoms with Crippen LogP contribution in [-0.2, 0) is 14.3 Å². The van der Waals surface area contributed by atoms with Gasteiger partial charge in [-0.2, -0.15) is 0 Å². The predicted molar refractivity (Wildman–Crippen MR) is 79.5 cm³/mol. The van der Waals surface area contributed by atoms with Gasteiger partial charge in [-0.1, -0.05) is 25.0 Å². The van der Waals surface area contributed by atoms with E-state index in [1.807, 2.05) is 0 Å². The number of amides is 1. The van der Waals surface area contributed by atoms with Gasteiger partial charge in [0.1, 0.15) is 0 Å². The highest BCUT2D eigenvalue weighted by Gasteiger charge is 2.36. The van der Waals surface area contributed by atoms with Crippen LogP contribution in [0.1, 0.15) is 36.0 Å². The Labute approximate surface area is 128 Å². The van der Waals surface area contributed by atoms with Crippen LogP contribution in [0.5, 0.6) is 0 Å². The fourth-order valence-electron chi connectivity index (χ4n) is 2.85. The van der Waals surface area contributed by atoms with Crippen LogP contribution in [0.3, 0.4) is 0 Å². The van der Waals surface area contributed by atoms with E-state index in [2.05, 4.69) is 10.1 Å². The Morgan fingerprint density at radius 2 is 1.77 bits per heavy atom. The molecular weight excluding hydrogens is 286 g/mol. The molecule has 2 rings (SSSR count). The summed E-state index contributed by atoms with van der Waals surface area (Å²) in [4.78, 5) is 35.4. The number of para-hydroxylation sites is 1. The molecule has 6 heteroatoms. The van der Waals surface area contributed by atoms with E-state index in [-0.39, 0.29) is 11.5 Å². The van der Waals surface area contributed by atoms with Gasteiger partial charge < -0.3 is 15.2 Å². The lowest BCUT2D eigenvalue weighted by molar-refractivity contribution is -0.147. The number of ether oxygens (including phenoxy) is 1. The maximum atomic E-state index is 12.4. The summed E-state index contributed by atoms with van der Waals surface area (Å²) in [5.74, 6) is -3.09. The average Bonchev–Trinajstić information content (AvgIpc) is 2.54. The first-order valence-electron chi connectivity index (χ1n) is 7.25. The summed E-state index contributed by atoms with van der Waals surface area (Å²) in [6.07, 6.45) is 2.70. The Hall–Kier alpha value is -2.37. The topological polar surface area (TPSA) is 92.7 Å². The lowest BCUT2D eigenvalue weighted by Crippen LogP contribution is -2.36. The van der Waals surface area contributed by atoms with Crippen molar-refractivity contribution >= 4 is 23.5 Å².